The second-order valence-corrected chi connectivity index (χ2v) is 5.70. The zero-order chi connectivity index (χ0) is 14.4. The Bertz CT molecular complexity index is 788. The van der Waals surface area contributed by atoms with Crippen LogP contribution >= 0.6 is 23.2 Å². The second-order valence-electron chi connectivity index (χ2n) is 4.89. The lowest BCUT2D eigenvalue weighted by Crippen LogP contribution is -1.99. The van der Waals surface area contributed by atoms with Gasteiger partial charge in [0.15, 0.2) is 5.65 Å². The van der Waals surface area contributed by atoms with Gasteiger partial charge in [-0.2, -0.15) is 10.2 Å². The van der Waals surface area contributed by atoms with E-state index in [-0.39, 0.29) is 5.92 Å². The summed E-state index contributed by atoms with van der Waals surface area (Å²) < 4.78 is 1.72. The number of nitrogens with one attached hydrogen (secondary N) is 1. The Labute approximate surface area is 125 Å². The van der Waals surface area contributed by atoms with Gasteiger partial charge in [-0.05, 0) is 24.1 Å². The number of aromatic nitrogens is 4. The van der Waals surface area contributed by atoms with Gasteiger partial charge in [0.1, 0.15) is 5.82 Å². The Morgan fingerprint density at radius 3 is 2.65 bits per heavy atom. The summed E-state index contributed by atoms with van der Waals surface area (Å²) in [6.45, 7) is 4.13. The van der Waals surface area contributed by atoms with Crippen molar-refractivity contribution in [2.45, 2.75) is 19.8 Å². The van der Waals surface area contributed by atoms with Gasteiger partial charge in [0, 0.05) is 0 Å². The topological polar surface area (TPSA) is 72.5 Å². The standard InChI is InChI=1S/C13H13Cl2N5/c1-6(2)11-10-12(16)17-18-13(10)20(19-11)7-3-4-8(14)9(15)5-7/h3-6H,1-2H3,(H3,16,17,18). The fourth-order valence-electron chi connectivity index (χ4n) is 2.16. The van der Waals surface area contributed by atoms with Crippen molar-refractivity contribution in [1.82, 2.24) is 20.0 Å². The molecular weight excluding hydrogens is 297 g/mol. The molecule has 0 unspecified atom stereocenters. The van der Waals surface area contributed by atoms with Crippen LogP contribution in [0.25, 0.3) is 16.7 Å². The Morgan fingerprint density at radius 2 is 2.00 bits per heavy atom. The molecule has 7 heteroatoms. The minimum absolute atomic E-state index is 0.237. The van der Waals surface area contributed by atoms with E-state index in [1.807, 2.05) is 6.07 Å². The van der Waals surface area contributed by atoms with Gasteiger partial charge in [-0.3, -0.25) is 5.10 Å². The number of nitrogens with zero attached hydrogens (tertiary/aromatic N) is 3. The predicted octanol–water partition coefficient (Wildman–Crippen LogP) is 3.76. The summed E-state index contributed by atoms with van der Waals surface area (Å²) in [6, 6.07) is 5.33. The number of fused-ring (bicyclic) bond motifs is 1. The van der Waals surface area contributed by atoms with Gasteiger partial charge >= 0.3 is 0 Å². The molecule has 0 radical (unpaired) electrons. The normalized spacial score (nSPS) is 11.7. The summed E-state index contributed by atoms with van der Waals surface area (Å²) in [5, 5.41) is 13.5. The minimum Gasteiger partial charge on any atom is -0.383 e. The minimum atomic E-state index is 0.237. The molecule has 0 amide bonds. The number of rotatable bonds is 2. The third-order valence-electron chi connectivity index (χ3n) is 3.13. The Balaban J connectivity index is 2.28. The van der Waals surface area contributed by atoms with E-state index >= 15 is 0 Å². The first-order valence-corrected chi connectivity index (χ1v) is 6.92. The van der Waals surface area contributed by atoms with E-state index < -0.39 is 0 Å². The summed E-state index contributed by atoms with van der Waals surface area (Å²) in [5.41, 5.74) is 8.32. The maximum absolute atomic E-state index is 6.06. The molecule has 2 heterocycles. The van der Waals surface area contributed by atoms with E-state index in [4.69, 9.17) is 28.9 Å². The molecule has 5 nitrogen and oxygen atoms in total. The van der Waals surface area contributed by atoms with Gasteiger partial charge in [0.2, 0.25) is 0 Å². The molecule has 0 saturated heterocycles. The largest absolute Gasteiger partial charge is 0.383 e. The second kappa shape index (κ2) is 4.68. The SMILES string of the molecule is CC(C)c1nn(-c2ccc(Cl)c(Cl)c2)c2n[nH]c(N)c12. The molecule has 0 fully saturated rings. The lowest BCUT2D eigenvalue weighted by atomic mass is 10.1. The molecule has 1 aromatic carbocycles. The van der Waals surface area contributed by atoms with Crippen LogP contribution in [0.3, 0.4) is 0 Å². The number of aromatic amines is 1. The fourth-order valence-corrected chi connectivity index (χ4v) is 2.45. The maximum atomic E-state index is 6.06. The maximum Gasteiger partial charge on any atom is 0.186 e. The van der Waals surface area contributed by atoms with Gasteiger partial charge in [-0.25, -0.2) is 4.68 Å². The van der Waals surface area contributed by atoms with Crippen LogP contribution in [0.1, 0.15) is 25.5 Å². The molecule has 0 aliphatic carbocycles. The number of nitrogen functional groups attached to an aromatic ring is 1. The average molecular weight is 310 g/mol. The lowest BCUT2D eigenvalue weighted by Gasteiger charge is -2.04. The molecule has 0 aliphatic rings. The van der Waals surface area contributed by atoms with Crippen LogP contribution < -0.4 is 5.73 Å². The molecule has 0 atom stereocenters. The average Bonchev–Trinajstić information content (AvgIpc) is 2.94. The van der Waals surface area contributed by atoms with Crippen LogP contribution in [-0.4, -0.2) is 20.0 Å². The van der Waals surface area contributed by atoms with Crippen LogP contribution in [0.5, 0.6) is 0 Å². The number of halogens is 2. The number of benzene rings is 1. The molecule has 2 aromatic heterocycles. The summed E-state index contributed by atoms with van der Waals surface area (Å²) >= 11 is 12.0. The van der Waals surface area contributed by atoms with Crippen molar-refractivity contribution in [1.29, 1.82) is 0 Å². The van der Waals surface area contributed by atoms with E-state index in [1.54, 1.807) is 16.8 Å². The molecule has 0 spiro atoms. The van der Waals surface area contributed by atoms with Crippen LogP contribution in [0.4, 0.5) is 5.82 Å². The summed E-state index contributed by atoms with van der Waals surface area (Å²) in [7, 11) is 0. The molecule has 3 N–H and O–H groups in total. The Hall–Kier alpha value is -1.72. The molecule has 104 valence electrons. The quantitative estimate of drug-likeness (QED) is 0.757. The number of nitrogens with two attached hydrogens (primary N) is 1. The molecule has 0 aliphatic heterocycles. The van der Waals surface area contributed by atoms with E-state index in [0.29, 0.717) is 21.5 Å². The number of anilines is 1. The van der Waals surface area contributed by atoms with Gasteiger partial charge in [-0.15, -0.1) is 0 Å². The molecule has 20 heavy (non-hydrogen) atoms. The highest BCUT2D eigenvalue weighted by molar-refractivity contribution is 6.42. The smallest absolute Gasteiger partial charge is 0.186 e. The van der Waals surface area contributed by atoms with E-state index in [2.05, 4.69) is 29.1 Å². The van der Waals surface area contributed by atoms with E-state index in [1.165, 1.54) is 0 Å². The molecule has 0 bridgehead atoms. The first-order valence-electron chi connectivity index (χ1n) is 6.17. The molecule has 3 rings (SSSR count). The highest BCUT2D eigenvalue weighted by atomic mass is 35.5. The number of H-pyrrole nitrogens is 1. The van der Waals surface area contributed by atoms with Crippen LogP contribution in [0.15, 0.2) is 18.2 Å². The van der Waals surface area contributed by atoms with Crippen LogP contribution in [0, 0.1) is 0 Å². The van der Waals surface area contributed by atoms with Gasteiger partial charge in [0.25, 0.3) is 0 Å². The van der Waals surface area contributed by atoms with Crippen molar-refractivity contribution < 1.29 is 0 Å². The Morgan fingerprint density at radius 1 is 1.25 bits per heavy atom. The molecule has 3 aromatic rings. The molecule has 0 saturated carbocycles. The van der Waals surface area contributed by atoms with Crippen LogP contribution in [-0.2, 0) is 0 Å². The van der Waals surface area contributed by atoms with Gasteiger partial charge < -0.3 is 5.73 Å². The summed E-state index contributed by atoms with van der Waals surface area (Å²) in [6.07, 6.45) is 0. The first kappa shape index (κ1) is 13.3. The summed E-state index contributed by atoms with van der Waals surface area (Å²) in [4.78, 5) is 0. The highest BCUT2D eigenvalue weighted by Gasteiger charge is 2.19. The lowest BCUT2D eigenvalue weighted by molar-refractivity contribution is 0.772. The fraction of sp³-hybridized carbons (Fsp3) is 0.231. The zero-order valence-electron chi connectivity index (χ0n) is 11.0. The summed E-state index contributed by atoms with van der Waals surface area (Å²) in [5.74, 6) is 0.761. The monoisotopic (exact) mass is 309 g/mol. The van der Waals surface area contributed by atoms with Crippen molar-refractivity contribution in [3.8, 4) is 5.69 Å². The predicted molar refractivity (Wildman–Crippen MR) is 81.7 cm³/mol. The van der Waals surface area contributed by atoms with E-state index in [9.17, 15) is 0 Å². The molecular formula is C13H13Cl2N5. The highest BCUT2D eigenvalue weighted by Crippen LogP contribution is 2.31. The third-order valence-corrected chi connectivity index (χ3v) is 3.87. The Kier molecular flexibility index (Phi) is 3.11. The zero-order valence-corrected chi connectivity index (χ0v) is 12.5. The third kappa shape index (κ3) is 1.94. The van der Waals surface area contributed by atoms with Gasteiger partial charge in [-0.1, -0.05) is 37.0 Å². The number of hydrogen-bond donors (Lipinski definition) is 2. The van der Waals surface area contributed by atoms with Crippen molar-refractivity contribution in [3.63, 3.8) is 0 Å². The van der Waals surface area contributed by atoms with Crippen molar-refractivity contribution in [3.05, 3.63) is 33.9 Å². The van der Waals surface area contributed by atoms with Crippen molar-refractivity contribution in [2.75, 3.05) is 5.73 Å². The van der Waals surface area contributed by atoms with E-state index in [0.717, 1.165) is 16.8 Å². The van der Waals surface area contributed by atoms with Crippen molar-refractivity contribution >= 4 is 40.1 Å². The number of hydrogen-bond acceptors (Lipinski definition) is 3. The van der Waals surface area contributed by atoms with Crippen LogP contribution in [0.2, 0.25) is 10.0 Å². The van der Waals surface area contributed by atoms with Gasteiger partial charge in [0.05, 0.1) is 26.8 Å². The first-order chi connectivity index (χ1) is 9.49. The van der Waals surface area contributed by atoms with Crippen molar-refractivity contribution in [2.24, 2.45) is 0 Å².